The van der Waals surface area contributed by atoms with Gasteiger partial charge in [0.05, 0.1) is 27.8 Å². The monoisotopic (exact) mass is 574 g/mol. The van der Waals surface area contributed by atoms with Crippen LogP contribution in [0.1, 0.15) is 22.3 Å². The Balaban J connectivity index is 1.51. The van der Waals surface area contributed by atoms with Crippen molar-refractivity contribution in [1.29, 1.82) is 0 Å². The first kappa shape index (κ1) is 25.6. The largest absolute Gasteiger partial charge is 0.310 e. The minimum absolute atomic E-state index is 0.538. The summed E-state index contributed by atoms with van der Waals surface area (Å²) in [6.45, 7) is 0. The van der Waals surface area contributed by atoms with Crippen molar-refractivity contribution in [2.45, 2.75) is 5.41 Å². The molecule has 8 aromatic rings. The number of aromatic nitrogens is 1. The zero-order valence-electron chi connectivity index (χ0n) is 24.7. The highest BCUT2D eigenvalue weighted by Crippen LogP contribution is 2.58. The average Bonchev–Trinajstić information content (AvgIpc) is 3.44. The molecule has 0 atom stereocenters. The number of rotatable bonds is 4. The quantitative estimate of drug-likeness (QED) is 0.203. The number of nitrogens with zero attached hydrogens (tertiary/aromatic N) is 2. The first-order valence-corrected chi connectivity index (χ1v) is 15.5. The Morgan fingerprint density at radius 1 is 0.356 bits per heavy atom. The van der Waals surface area contributed by atoms with Gasteiger partial charge in [0.25, 0.3) is 0 Å². The molecule has 0 spiro atoms. The Bertz CT molecular complexity index is 2260. The maximum absolute atomic E-state index is 2.48. The lowest BCUT2D eigenvalue weighted by Gasteiger charge is -2.46. The van der Waals surface area contributed by atoms with Crippen LogP contribution in [0.15, 0.2) is 182 Å². The Hall–Kier alpha value is -5.86. The summed E-state index contributed by atoms with van der Waals surface area (Å²) in [5.74, 6) is 0. The van der Waals surface area contributed by atoms with E-state index in [-0.39, 0.29) is 0 Å². The van der Waals surface area contributed by atoms with Gasteiger partial charge in [-0.2, -0.15) is 0 Å². The zero-order valence-corrected chi connectivity index (χ0v) is 24.7. The molecule has 1 aromatic heterocycles. The number of para-hydroxylation sites is 4. The van der Waals surface area contributed by atoms with Crippen LogP contribution in [0.2, 0.25) is 0 Å². The molecule has 45 heavy (non-hydrogen) atoms. The molecule has 0 aliphatic carbocycles. The maximum Gasteiger partial charge on any atom is 0.0742 e. The third kappa shape index (κ3) is 3.69. The van der Waals surface area contributed by atoms with Crippen LogP contribution in [0, 0.1) is 0 Å². The highest BCUT2D eigenvalue weighted by Gasteiger charge is 2.46. The second-order valence-corrected chi connectivity index (χ2v) is 11.7. The molecule has 0 N–H and O–H groups in total. The van der Waals surface area contributed by atoms with E-state index in [1.807, 2.05) is 0 Å². The minimum atomic E-state index is -0.538. The van der Waals surface area contributed by atoms with E-state index >= 15 is 0 Å². The highest BCUT2D eigenvalue weighted by molar-refractivity contribution is 6.12. The molecule has 0 radical (unpaired) electrons. The highest BCUT2D eigenvalue weighted by atomic mass is 15.2. The van der Waals surface area contributed by atoms with E-state index in [4.69, 9.17) is 0 Å². The summed E-state index contributed by atoms with van der Waals surface area (Å²) in [6.07, 6.45) is 0. The fraction of sp³-hybridized carbons (Fsp3) is 0.0233. The molecular formula is C43H30N2. The van der Waals surface area contributed by atoms with Crippen molar-refractivity contribution in [3.8, 4) is 5.69 Å². The molecule has 1 aliphatic heterocycles. The van der Waals surface area contributed by atoms with Gasteiger partial charge in [0, 0.05) is 22.1 Å². The second-order valence-electron chi connectivity index (χ2n) is 11.7. The van der Waals surface area contributed by atoms with Crippen LogP contribution in [-0.2, 0) is 5.41 Å². The van der Waals surface area contributed by atoms with Crippen molar-refractivity contribution in [1.82, 2.24) is 4.57 Å². The lowest BCUT2D eigenvalue weighted by molar-refractivity contribution is 0.732. The molecule has 0 saturated carbocycles. The van der Waals surface area contributed by atoms with Crippen molar-refractivity contribution in [3.63, 3.8) is 0 Å². The summed E-state index contributed by atoms with van der Waals surface area (Å²) in [7, 11) is 0. The van der Waals surface area contributed by atoms with Gasteiger partial charge in [-0.05, 0) is 70.8 Å². The van der Waals surface area contributed by atoms with Gasteiger partial charge in [-0.1, -0.05) is 133 Å². The summed E-state index contributed by atoms with van der Waals surface area (Å²) in [4.78, 5) is 2.46. The topological polar surface area (TPSA) is 8.17 Å². The number of hydrogen-bond donors (Lipinski definition) is 0. The molecule has 212 valence electrons. The van der Waals surface area contributed by atoms with E-state index < -0.39 is 5.41 Å². The lowest BCUT2D eigenvalue weighted by atomic mass is 9.62. The van der Waals surface area contributed by atoms with Crippen LogP contribution in [0.4, 0.5) is 17.1 Å². The van der Waals surface area contributed by atoms with E-state index in [9.17, 15) is 0 Å². The summed E-state index contributed by atoms with van der Waals surface area (Å²) in [5, 5.41) is 2.50. The minimum Gasteiger partial charge on any atom is -0.310 e. The smallest absolute Gasteiger partial charge is 0.0742 e. The molecule has 0 unspecified atom stereocenters. The lowest BCUT2D eigenvalue weighted by Crippen LogP contribution is -2.37. The van der Waals surface area contributed by atoms with E-state index in [0.717, 1.165) is 11.4 Å². The molecule has 2 nitrogen and oxygen atoms in total. The third-order valence-corrected chi connectivity index (χ3v) is 9.43. The van der Waals surface area contributed by atoms with Crippen LogP contribution >= 0.6 is 0 Å². The third-order valence-electron chi connectivity index (χ3n) is 9.43. The molecule has 7 aromatic carbocycles. The molecule has 2 heteroatoms. The van der Waals surface area contributed by atoms with Crippen molar-refractivity contribution < 1.29 is 0 Å². The van der Waals surface area contributed by atoms with Crippen molar-refractivity contribution >= 4 is 38.9 Å². The predicted octanol–water partition coefficient (Wildman–Crippen LogP) is 10.9. The first-order chi connectivity index (χ1) is 22.4. The molecule has 0 amide bonds. The van der Waals surface area contributed by atoms with Gasteiger partial charge in [0.15, 0.2) is 0 Å². The van der Waals surface area contributed by atoms with Gasteiger partial charge in [0.1, 0.15) is 0 Å². The SMILES string of the molecule is c1ccc(N2c3ccccc3C(c3ccccc3)(c3ccccc3)c3cc4c5ccccc5n(-c5ccccc5)c4cc32)cc1. The maximum atomic E-state index is 2.48. The van der Waals surface area contributed by atoms with E-state index in [0.29, 0.717) is 0 Å². The molecular weight excluding hydrogens is 544 g/mol. The van der Waals surface area contributed by atoms with Gasteiger partial charge < -0.3 is 9.47 Å². The number of benzene rings is 7. The van der Waals surface area contributed by atoms with Crippen molar-refractivity contribution in [3.05, 3.63) is 204 Å². The Kier molecular flexibility index (Phi) is 5.76. The van der Waals surface area contributed by atoms with Gasteiger partial charge >= 0.3 is 0 Å². The first-order valence-electron chi connectivity index (χ1n) is 15.5. The summed E-state index contributed by atoms with van der Waals surface area (Å²) < 4.78 is 2.42. The summed E-state index contributed by atoms with van der Waals surface area (Å²) >= 11 is 0. The normalized spacial score (nSPS) is 13.5. The predicted molar refractivity (Wildman–Crippen MR) is 187 cm³/mol. The van der Waals surface area contributed by atoms with Gasteiger partial charge in [0.2, 0.25) is 0 Å². The van der Waals surface area contributed by atoms with Crippen LogP contribution in [0.25, 0.3) is 27.5 Å². The molecule has 0 bridgehead atoms. The molecule has 2 heterocycles. The standard InChI is InChI=1S/C43H30N2/c1-5-17-31(18-6-1)43(32-19-7-2-8-20-32)37-26-14-16-28-40(37)45(34-23-11-4-12-24-34)42-30-41-36(29-38(42)43)35-25-13-15-27-39(35)44(41)33-21-9-3-10-22-33/h1-30H. The molecule has 0 fully saturated rings. The molecule has 0 saturated heterocycles. The van der Waals surface area contributed by atoms with Gasteiger partial charge in [-0.3, -0.25) is 0 Å². The zero-order chi connectivity index (χ0) is 29.8. The Labute approximate surface area is 263 Å². The average molecular weight is 575 g/mol. The van der Waals surface area contributed by atoms with E-state index in [1.54, 1.807) is 0 Å². The number of hydrogen-bond acceptors (Lipinski definition) is 1. The summed E-state index contributed by atoms with van der Waals surface area (Å²) in [6, 6.07) is 66.3. The Morgan fingerprint density at radius 2 is 0.889 bits per heavy atom. The fourth-order valence-electron chi connectivity index (χ4n) is 7.63. The van der Waals surface area contributed by atoms with Crippen LogP contribution in [0.5, 0.6) is 0 Å². The fourth-order valence-corrected chi connectivity index (χ4v) is 7.63. The second kappa shape index (κ2) is 10.1. The van der Waals surface area contributed by atoms with Crippen LogP contribution < -0.4 is 4.90 Å². The molecule has 1 aliphatic rings. The number of anilines is 3. The van der Waals surface area contributed by atoms with Gasteiger partial charge in [-0.25, -0.2) is 0 Å². The van der Waals surface area contributed by atoms with Crippen LogP contribution in [-0.4, -0.2) is 4.57 Å². The summed E-state index contributed by atoms with van der Waals surface area (Å²) in [5.41, 5.74) is 11.6. The van der Waals surface area contributed by atoms with E-state index in [1.165, 1.54) is 55.4 Å². The van der Waals surface area contributed by atoms with Crippen molar-refractivity contribution in [2.24, 2.45) is 0 Å². The van der Waals surface area contributed by atoms with Crippen molar-refractivity contribution in [2.75, 3.05) is 4.90 Å². The Morgan fingerprint density at radius 3 is 1.56 bits per heavy atom. The van der Waals surface area contributed by atoms with E-state index in [2.05, 4.69) is 191 Å². The van der Waals surface area contributed by atoms with Gasteiger partial charge in [-0.15, -0.1) is 0 Å². The van der Waals surface area contributed by atoms with Crippen LogP contribution in [0.3, 0.4) is 0 Å². The number of fused-ring (bicyclic) bond motifs is 5. The molecule has 9 rings (SSSR count).